The molecule has 80 valence electrons. The van der Waals surface area contributed by atoms with Gasteiger partial charge in [0, 0.05) is 5.56 Å². The van der Waals surface area contributed by atoms with Gasteiger partial charge in [-0.2, -0.15) is 0 Å². The summed E-state index contributed by atoms with van der Waals surface area (Å²) in [7, 11) is 0. The van der Waals surface area contributed by atoms with Crippen LogP contribution in [0.4, 0.5) is 0 Å². The first-order valence-electron chi connectivity index (χ1n) is 4.66. The molecule has 15 heavy (non-hydrogen) atoms. The lowest BCUT2D eigenvalue weighted by molar-refractivity contribution is 0.138. The maximum absolute atomic E-state index is 5.85. The minimum Gasteiger partial charge on any atom is -0.458 e. The van der Waals surface area contributed by atoms with E-state index in [0.29, 0.717) is 23.0 Å². The van der Waals surface area contributed by atoms with Crippen LogP contribution in [-0.4, -0.2) is 15.6 Å². The molecule has 0 saturated heterocycles. The van der Waals surface area contributed by atoms with Crippen LogP contribution in [0.5, 0.6) is 5.88 Å². The maximum atomic E-state index is 5.85. The van der Waals surface area contributed by atoms with Crippen molar-refractivity contribution in [3.05, 3.63) is 17.0 Å². The fraction of sp³-hybridized carbons (Fsp3) is 0.455. The second-order valence-corrected chi connectivity index (χ2v) is 3.78. The Balaban J connectivity index is 3.00. The molecular weight excluding hydrogens is 212 g/mol. The minimum atomic E-state index is -0.650. The largest absolute Gasteiger partial charge is 0.458 e. The van der Waals surface area contributed by atoms with Crippen LogP contribution in [0, 0.1) is 19.3 Å². The summed E-state index contributed by atoms with van der Waals surface area (Å²) >= 11 is 5.85. The van der Waals surface area contributed by atoms with Crippen LogP contribution in [0.25, 0.3) is 0 Å². The number of hydrogen-bond acceptors (Lipinski definition) is 3. The van der Waals surface area contributed by atoms with Gasteiger partial charge in [0.2, 0.25) is 5.88 Å². The van der Waals surface area contributed by atoms with E-state index in [-0.39, 0.29) is 0 Å². The lowest BCUT2D eigenvalue weighted by atomic mass is 10.1. The van der Waals surface area contributed by atoms with Gasteiger partial charge in [0.25, 0.3) is 0 Å². The first kappa shape index (κ1) is 11.8. The fourth-order valence-electron chi connectivity index (χ4n) is 0.934. The number of hydrogen-bond donors (Lipinski definition) is 0. The third-order valence-corrected chi connectivity index (χ3v) is 2.66. The zero-order chi connectivity index (χ0) is 11.5. The molecule has 3 nitrogen and oxygen atoms in total. The van der Waals surface area contributed by atoms with E-state index < -0.39 is 5.60 Å². The zero-order valence-electron chi connectivity index (χ0n) is 9.04. The molecule has 1 unspecified atom stereocenters. The summed E-state index contributed by atoms with van der Waals surface area (Å²) in [5, 5.41) is 0.385. The van der Waals surface area contributed by atoms with Gasteiger partial charge in [0.05, 0.1) is 0 Å². The van der Waals surface area contributed by atoms with Gasteiger partial charge >= 0.3 is 0 Å². The molecule has 0 saturated carbocycles. The van der Waals surface area contributed by atoms with Gasteiger partial charge in [-0.15, -0.1) is 6.42 Å². The summed E-state index contributed by atoms with van der Waals surface area (Å²) in [6, 6.07) is 0. The highest BCUT2D eigenvalue weighted by atomic mass is 35.5. The van der Waals surface area contributed by atoms with Gasteiger partial charge < -0.3 is 4.74 Å². The van der Waals surface area contributed by atoms with E-state index in [2.05, 4.69) is 15.9 Å². The summed E-state index contributed by atoms with van der Waals surface area (Å²) in [5.74, 6) is 3.04. The molecule has 0 aromatic carbocycles. The Morgan fingerprint density at radius 1 is 1.60 bits per heavy atom. The zero-order valence-corrected chi connectivity index (χ0v) is 9.80. The third-order valence-electron chi connectivity index (χ3n) is 2.28. The average Bonchev–Trinajstić information content (AvgIpc) is 2.25. The highest BCUT2D eigenvalue weighted by Gasteiger charge is 2.22. The van der Waals surface area contributed by atoms with Crippen molar-refractivity contribution in [2.75, 3.05) is 0 Å². The number of nitrogens with zero attached hydrogens (tertiary/aromatic N) is 2. The molecule has 0 spiro atoms. The molecule has 1 rings (SSSR count). The number of ether oxygens (including phenoxy) is 1. The van der Waals surface area contributed by atoms with Crippen LogP contribution in [-0.2, 0) is 0 Å². The van der Waals surface area contributed by atoms with E-state index in [1.165, 1.54) is 6.33 Å². The molecule has 0 aliphatic carbocycles. The van der Waals surface area contributed by atoms with E-state index in [1.807, 2.05) is 13.8 Å². The van der Waals surface area contributed by atoms with Crippen molar-refractivity contribution >= 4 is 11.6 Å². The predicted octanol–water partition coefficient (Wildman–Crippen LogP) is 2.62. The molecule has 0 fully saturated rings. The van der Waals surface area contributed by atoms with Crippen LogP contribution < -0.4 is 4.74 Å². The minimum absolute atomic E-state index is 0.385. The quantitative estimate of drug-likeness (QED) is 0.585. The van der Waals surface area contributed by atoms with Gasteiger partial charge in [-0.05, 0) is 20.3 Å². The average molecular weight is 225 g/mol. The summed E-state index contributed by atoms with van der Waals surface area (Å²) in [4.78, 5) is 7.85. The van der Waals surface area contributed by atoms with Gasteiger partial charge in [-0.25, -0.2) is 9.97 Å². The Labute approximate surface area is 94.8 Å². The Kier molecular flexibility index (Phi) is 3.54. The molecule has 1 aromatic rings. The van der Waals surface area contributed by atoms with Crippen LogP contribution in [0.1, 0.15) is 25.8 Å². The normalized spacial score (nSPS) is 14.1. The lowest BCUT2D eigenvalue weighted by Crippen LogP contribution is -2.30. The molecule has 4 heteroatoms. The van der Waals surface area contributed by atoms with Crippen molar-refractivity contribution < 1.29 is 4.74 Å². The molecule has 0 radical (unpaired) electrons. The first-order chi connectivity index (χ1) is 7.02. The SMILES string of the molecule is C#CC(C)(CC)Oc1ncnc(Cl)c1C. The van der Waals surface area contributed by atoms with Crippen LogP contribution in [0.15, 0.2) is 6.33 Å². The first-order valence-corrected chi connectivity index (χ1v) is 5.04. The number of rotatable bonds is 3. The molecule has 0 N–H and O–H groups in total. The van der Waals surface area contributed by atoms with Crippen LogP contribution in [0.3, 0.4) is 0 Å². The van der Waals surface area contributed by atoms with E-state index in [9.17, 15) is 0 Å². The van der Waals surface area contributed by atoms with E-state index in [0.717, 1.165) is 0 Å². The van der Waals surface area contributed by atoms with Crippen molar-refractivity contribution in [1.82, 2.24) is 9.97 Å². The molecule has 0 amide bonds. The second kappa shape index (κ2) is 4.50. The van der Waals surface area contributed by atoms with Gasteiger partial charge in [0.1, 0.15) is 11.5 Å². The molecular formula is C11H13ClN2O. The molecule has 1 aromatic heterocycles. The van der Waals surface area contributed by atoms with E-state index in [4.69, 9.17) is 22.8 Å². The molecule has 0 aliphatic rings. The number of halogens is 1. The van der Waals surface area contributed by atoms with Crippen LogP contribution in [0.2, 0.25) is 5.15 Å². The van der Waals surface area contributed by atoms with Crippen molar-refractivity contribution in [3.63, 3.8) is 0 Å². The van der Waals surface area contributed by atoms with Gasteiger partial charge in [-0.1, -0.05) is 24.4 Å². The van der Waals surface area contributed by atoms with Crippen molar-refractivity contribution in [3.8, 4) is 18.2 Å². The molecule has 1 heterocycles. The van der Waals surface area contributed by atoms with Gasteiger partial charge in [0.15, 0.2) is 5.60 Å². The smallest absolute Gasteiger partial charge is 0.222 e. The monoisotopic (exact) mass is 224 g/mol. The Hall–Kier alpha value is -1.27. The number of aromatic nitrogens is 2. The predicted molar refractivity (Wildman–Crippen MR) is 59.9 cm³/mol. The van der Waals surface area contributed by atoms with Crippen molar-refractivity contribution in [1.29, 1.82) is 0 Å². The summed E-state index contributed by atoms with van der Waals surface area (Å²) in [6.07, 6.45) is 7.46. The van der Waals surface area contributed by atoms with E-state index >= 15 is 0 Å². The van der Waals surface area contributed by atoms with E-state index in [1.54, 1.807) is 6.92 Å². The van der Waals surface area contributed by atoms with Gasteiger partial charge in [-0.3, -0.25) is 0 Å². The highest BCUT2D eigenvalue weighted by Crippen LogP contribution is 2.25. The summed E-state index contributed by atoms with van der Waals surface area (Å²) in [5.41, 5.74) is 0.0525. The standard InChI is InChI=1S/C11H13ClN2O/c1-5-11(4,6-2)15-10-8(3)9(12)13-7-14-10/h1,7H,6H2,2-4H3. The van der Waals surface area contributed by atoms with Crippen molar-refractivity contribution in [2.24, 2.45) is 0 Å². The molecule has 1 atom stereocenters. The third kappa shape index (κ3) is 2.60. The second-order valence-electron chi connectivity index (χ2n) is 3.43. The highest BCUT2D eigenvalue weighted by molar-refractivity contribution is 6.30. The Bertz CT molecular complexity index is 400. The van der Waals surface area contributed by atoms with Crippen molar-refractivity contribution in [2.45, 2.75) is 32.8 Å². The Morgan fingerprint density at radius 2 is 2.27 bits per heavy atom. The maximum Gasteiger partial charge on any atom is 0.222 e. The number of terminal acetylenes is 1. The topological polar surface area (TPSA) is 35.0 Å². The van der Waals surface area contributed by atoms with Crippen LogP contribution >= 0.6 is 11.6 Å². The lowest BCUT2D eigenvalue weighted by Gasteiger charge is -2.23. The fourth-order valence-corrected chi connectivity index (χ4v) is 1.06. The molecule has 0 bridgehead atoms. The Morgan fingerprint density at radius 3 is 2.80 bits per heavy atom. The molecule has 0 aliphatic heterocycles. The summed E-state index contributed by atoms with van der Waals surface area (Å²) < 4.78 is 5.64. The summed E-state index contributed by atoms with van der Waals surface area (Å²) in [6.45, 7) is 5.59.